The molecule has 0 aliphatic carbocycles. The predicted molar refractivity (Wildman–Crippen MR) is 72.8 cm³/mol. The number of nitrogens with zero attached hydrogens (tertiary/aromatic N) is 1. The molecule has 3 atom stereocenters. The van der Waals surface area contributed by atoms with Gasteiger partial charge in [0.15, 0.2) is 11.6 Å². The lowest BCUT2D eigenvalue weighted by molar-refractivity contribution is 0.185. The molecule has 1 aromatic rings. The summed E-state index contributed by atoms with van der Waals surface area (Å²) in [6, 6.07) is 4.71. The van der Waals surface area contributed by atoms with Crippen molar-refractivity contribution in [2.75, 3.05) is 6.54 Å². The largest absolute Gasteiger partial charge is 0.323 e. The Morgan fingerprint density at radius 2 is 2.11 bits per heavy atom. The fourth-order valence-electron chi connectivity index (χ4n) is 3.03. The summed E-state index contributed by atoms with van der Waals surface area (Å²) in [4.78, 5) is 2.33. The molecule has 1 saturated heterocycles. The van der Waals surface area contributed by atoms with Crippen molar-refractivity contribution in [3.63, 3.8) is 0 Å². The average Bonchev–Trinajstić information content (AvgIpc) is 2.74. The average molecular weight is 268 g/mol. The molecule has 0 radical (unpaired) electrons. The maximum Gasteiger partial charge on any atom is 0.163 e. The van der Waals surface area contributed by atoms with E-state index in [-0.39, 0.29) is 5.56 Å². The molecule has 3 unspecified atom stereocenters. The highest BCUT2D eigenvalue weighted by molar-refractivity contribution is 5.22. The highest BCUT2D eigenvalue weighted by atomic mass is 19.2. The van der Waals surface area contributed by atoms with Crippen molar-refractivity contribution in [2.24, 2.45) is 5.73 Å². The zero-order valence-corrected chi connectivity index (χ0v) is 11.6. The van der Waals surface area contributed by atoms with Crippen LogP contribution in [0.1, 0.15) is 44.7 Å². The Hall–Kier alpha value is -1.00. The Morgan fingerprint density at radius 3 is 2.79 bits per heavy atom. The third-order valence-electron chi connectivity index (χ3n) is 4.21. The van der Waals surface area contributed by atoms with Crippen LogP contribution in [0.5, 0.6) is 0 Å². The van der Waals surface area contributed by atoms with E-state index in [4.69, 9.17) is 5.73 Å². The monoisotopic (exact) mass is 268 g/mol. The molecule has 0 saturated carbocycles. The van der Waals surface area contributed by atoms with Crippen molar-refractivity contribution in [1.82, 2.24) is 4.90 Å². The summed E-state index contributed by atoms with van der Waals surface area (Å²) in [6.45, 7) is 4.91. The maximum atomic E-state index is 13.7. The van der Waals surface area contributed by atoms with Gasteiger partial charge in [-0.05, 0) is 32.3 Å². The van der Waals surface area contributed by atoms with E-state index in [1.54, 1.807) is 6.07 Å². The number of halogens is 2. The zero-order chi connectivity index (χ0) is 14.0. The lowest BCUT2D eigenvalue weighted by Crippen LogP contribution is -2.39. The Labute approximate surface area is 113 Å². The van der Waals surface area contributed by atoms with E-state index in [2.05, 4.69) is 18.7 Å². The second-order valence-electron chi connectivity index (χ2n) is 5.43. The van der Waals surface area contributed by atoms with Crippen LogP contribution in [0.25, 0.3) is 0 Å². The number of hydrogen-bond acceptors (Lipinski definition) is 2. The summed E-state index contributed by atoms with van der Waals surface area (Å²) in [5.74, 6) is -1.63. The quantitative estimate of drug-likeness (QED) is 0.908. The van der Waals surface area contributed by atoms with Gasteiger partial charge in [0, 0.05) is 30.2 Å². The Bertz CT molecular complexity index is 436. The number of rotatable bonds is 4. The second kappa shape index (κ2) is 5.97. The molecular weight excluding hydrogens is 246 g/mol. The summed E-state index contributed by atoms with van der Waals surface area (Å²) in [7, 11) is 0. The van der Waals surface area contributed by atoms with Gasteiger partial charge in [-0.3, -0.25) is 4.90 Å². The van der Waals surface area contributed by atoms with E-state index in [1.807, 2.05) is 0 Å². The van der Waals surface area contributed by atoms with Crippen molar-refractivity contribution in [3.05, 3.63) is 35.4 Å². The second-order valence-corrected chi connectivity index (χ2v) is 5.43. The van der Waals surface area contributed by atoms with Crippen molar-refractivity contribution >= 4 is 0 Å². The summed E-state index contributed by atoms with van der Waals surface area (Å²) in [5.41, 5.74) is 6.35. The molecular formula is C15H22F2N2. The van der Waals surface area contributed by atoms with Gasteiger partial charge in [0.2, 0.25) is 0 Å². The van der Waals surface area contributed by atoms with Crippen LogP contribution in [-0.4, -0.2) is 23.5 Å². The molecule has 0 aromatic heterocycles. The third kappa shape index (κ3) is 2.95. The standard InChI is InChI=1S/C15H22F2N2/c1-3-11-8-7-10(2)19(11)9-14(18)12-5-4-6-13(16)15(12)17/h4-6,10-11,14H,3,7-9,18H2,1-2H3. The van der Waals surface area contributed by atoms with Gasteiger partial charge in [-0.1, -0.05) is 19.1 Å². The molecule has 1 aromatic carbocycles. The first-order valence-corrected chi connectivity index (χ1v) is 6.99. The molecule has 1 aliphatic heterocycles. The van der Waals surface area contributed by atoms with Crippen LogP contribution in [0.3, 0.4) is 0 Å². The van der Waals surface area contributed by atoms with E-state index in [1.165, 1.54) is 6.07 Å². The number of hydrogen-bond donors (Lipinski definition) is 1. The minimum absolute atomic E-state index is 0.272. The lowest BCUT2D eigenvalue weighted by Gasteiger charge is -2.30. The summed E-state index contributed by atoms with van der Waals surface area (Å²) in [6.07, 6.45) is 3.38. The van der Waals surface area contributed by atoms with Crippen LogP contribution >= 0.6 is 0 Å². The van der Waals surface area contributed by atoms with E-state index < -0.39 is 17.7 Å². The highest BCUT2D eigenvalue weighted by Crippen LogP contribution is 2.28. The molecule has 1 aliphatic rings. The number of benzene rings is 1. The normalized spacial score (nSPS) is 25.7. The minimum atomic E-state index is -0.825. The molecule has 19 heavy (non-hydrogen) atoms. The Balaban J connectivity index is 2.12. The first-order valence-electron chi connectivity index (χ1n) is 6.99. The van der Waals surface area contributed by atoms with Crippen molar-refractivity contribution in [2.45, 2.75) is 51.2 Å². The zero-order valence-electron chi connectivity index (χ0n) is 11.6. The number of likely N-dealkylation sites (tertiary alicyclic amines) is 1. The van der Waals surface area contributed by atoms with E-state index >= 15 is 0 Å². The number of nitrogens with two attached hydrogens (primary N) is 1. The fraction of sp³-hybridized carbons (Fsp3) is 0.600. The first kappa shape index (κ1) is 14.4. The highest BCUT2D eigenvalue weighted by Gasteiger charge is 2.31. The van der Waals surface area contributed by atoms with Crippen molar-refractivity contribution < 1.29 is 8.78 Å². The van der Waals surface area contributed by atoms with Crippen LogP contribution in [0, 0.1) is 11.6 Å². The molecule has 4 heteroatoms. The van der Waals surface area contributed by atoms with Crippen LogP contribution in [0.15, 0.2) is 18.2 Å². The topological polar surface area (TPSA) is 29.3 Å². The van der Waals surface area contributed by atoms with Gasteiger partial charge in [-0.15, -0.1) is 0 Å². The van der Waals surface area contributed by atoms with Crippen LogP contribution < -0.4 is 5.73 Å². The van der Waals surface area contributed by atoms with Gasteiger partial charge in [0.1, 0.15) is 0 Å². The molecule has 106 valence electrons. The van der Waals surface area contributed by atoms with E-state index in [0.29, 0.717) is 18.6 Å². The smallest absolute Gasteiger partial charge is 0.163 e. The van der Waals surface area contributed by atoms with Crippen molar-refractivity contribution in [1.29, 1.82) is 0 Å². The fourth-order valence-corrected chi connectivity index (χ4v) is 3.03. The SMILES string of the molecule is CCC1CCC(C)N1CC(N)c1cccc(F)c1F. The Kier molecular flexibility index (Phi) is 4.53. The van der Waals surface area contributed by atoms with Gasteiger partial charge < -0.3 is 5.73 Å². The van der Waals surface area contributed by atoms with E-state index in [0.717, 1.165) is 25.3 Å². The summed E-state index contributed by atoms with van der Waals surface area (Å²) >= 11 is 0. The van der Waals surface area contributed by atoms with Gasteiger partial charge in [0.25, 0.3) is 0 Å². The lowest BCUT2D eigenvalue weighted by atomic mass is 10.1. The van der Waals surface area contributed by atoms with Gasteiger partial charge >= 0.3 is 0 Å². The van der Waals surface area contributed by atoms with Crippen LogP contribution in [-0.2, 0) is 0 Å². The third-order valence-corrected chi connectivity index (χ3v) is 4.21. The van der Waals surface area contributed by atoms with Crippen LogP contribution in [0.4, 0.5) is 8.78 Å². The molecule has 2 N–H and O–H groups in total. The molecule has 1 heterocycles. The molecule has 1 fully saturated rings. The maximum absolute atomic E-state index is 13.7. The molecule has 0 spiro atoms. The van der Waals surface area contributed by atoms with Gasteiger partial charge in [-0.25, -0.2) is 8.78 Å². The van der Waals surface area contributed by atoms with Crippen molar-refractivity contribution in [3.8, 4) is 0 Å². The molecule has 2 rings (SSSR count). The molecule has 0 amide bonds. The van der Waals surface area contributed by atoms with E-state index in [9.17, 15) is 8.78 Å². The molecule has 2 nitrogen and oxygen atoms in total. The minimum Gasteiger partial charge on any atom is -0.323 e. The van der Waals surface area contributed by atoms with Crippen LogP contribution in [0.2, 0.25) is 0 Å². The summed E-state index contributed by atoms with van der Waals surface area (Å²) in [5, 5.41) is 0. The Morgan fingerprint density at radius 1 is 1.37 bits per heavy atom. The predicted octanol–water partition coefficient (Wildman–Crippen LogP) is 3.23. The summed E-state index contributed by atoms with van der Waals surface area (Å²) < 4.78 is 27.0. The van der Waals surface area contributed by atoms with Gasteiger partial charge in [0.05, 0.1) is 0 Å². The first-order chi connectivity index (χ1) is 9.04. The molecule has 0 bridgehead atoms. The van der Waals surface area contributed by atoms with Gasteiger partial charge in [-0.2, -0.15) is 0 Å².